The normalized spacial score (nSPS) is 15.2. The van der Waals surface area contributed by atoms with Crippen LogP contribution in [0.1, 0.15) is 30.9 Å². The number of nitrogens with one attached hydrogen (secondary N) is 1. The number of aromatic nitrogens is 1. The second-order valence-electron chi connectivity index (χ2n) is 9.24. The number of halogens is 1. The van der Waals surface area contributed by atoms with Crippen LogP contribution in [0.15, 0.2) is 93.2 Å². The maximum Gasteiger partial charge on any atom is 0.233 e. The summed E-state index contributed by atoms with van der Waals surface area (Å²) < 4.78 is 52.1. The van der Waals surface area contributed by atoms with E-state index >= 15 is 0 Å². The molecule has 1 N–H and O–H groups in total. The lowest BCUT2D eigenvalue weighted by atomic mass is 10.0. The first kappa shape index (κ1) is 25.9. The van der Waals surface area contributed by atoms with Gasteiger partial charge in [0.15, 0.2) is 0 Å². The van der Waals surface area contributed by atoms with Crippen LogP contribution in [0.4, 0.5) is 10.3 Å². The molecule has 1 atom stereocenters. The zero-order chi connectivity index (χ0) is 26.5. The molecule has 38 heavy (non-hydrogen) atoms. The van der Waals surface area contributed by atoms with E-state index in [2.05, 4.69) is 15.2 Å². The van der Waals surface area contributed by atoms with E-state index < -0.39 is 15.7 Å². The Labute approximate surface area is 222 Å². The van der Waals surface area contributed by atoms with Crippen molar-refractivity contribution in [2.24, 2.45) is 0 Å². The molecule has 3 aromatic carbocycles. The zero-order valence-corrected chi connectivity index (χ0v) is 22.0. The second kappa shape index (κ2) is 11.4. The zero-order valence-electron chi connectivity index (χ0n) is 21.1. The van der Waals surface area contributed by atoms with E-state index in [0.29, 0.717) is 12.1 Å². The number of nitrogens with zero attached hydrogens (tertiary/aromatic N) is 2. The summed E-state index contributed by atoms with van der Waals surface area (Å²) in [5.41, 5.74) is 1.74. The van der Waals surface area contributed by atoms with Gasteiger partial charge in [-0.2, -0.15) is 4.98 Å². The number of sulfone groups is 1. The number of hydrogen-bond acceptors (Lipinski definition) is 7. The molecule has 4 aromatic rings. The molecule has 0 bridgehead atoms. The Bertz CT molecular complexity index is 1450. The molecule has 0 saturated carbocycles. The summed E-state index contributed by atoms with van der Waals surface area (Å²) in [5, 5.41) is 3.03. The molecule has 1 saturated heterocycles. The Hall–Kier alpha value is -3.69. The van der Waals surface area contributed by atoms with Gasteiger partial charge in [0.1, 0.15) is 11.6 Å². The summed E-state index contributed by atoms with van der Waals surface area (Å²) in [7, 11) is -2.45. The third kappa shape index (κ3) is 5.58. The lowest BCUT2D eigenvalue weighted by molar-refractivity contribution is 0.170. The van der Waals surface area contributed by atoms with Gasteiger partial charge in [-0.05, 0) is 80.0 Å². The van der Waals surface area contributed by atoms with Crippen LogP contribution in [-0.2, 0) is 9.84 Å². The fraction of sp³-hybridized carbons (Fsp3) is 0.276. The molecule has 0 amide bonds. The van der Waals surface area contributed by atoms with Crippen molar-refractivity contribution in [3.05, 3.63) is 90.2 Å². The lowest BCUT2D eigenvalue weighted by Gasteiger charge is -2.35. The molecule has 5 rings (SSSR count). The summed E-state index contributed by atoms with van der Waals surface area (Å²) in [6.45, 7) is 2.30. The molecule has 9 heteroatoms. The fourth-order valence-corrected chi connectivity index (χ4v) is 6.01. The first-order valence-electron chi connectivity index (χ1n) is 12.6. The van der Waals surface area contributed by atoms with E-state index in [9.17, 15) is 12.8 Å². The quantitative estimate of drug-likeness (QED) is 0.265. The summed E-state index contributed by atoms with van der Waals surface area (Å²) in [6.07, 6.45) is 3.41. The fourth-order valence-electron chi connectivity index (χ4n) is 4.73. The monoisotopic (exact) mass is 535 g/mol. The highest BCUT2D eigenvalue weighted by molar-refractivity contribution is 7.91. The molecule has 0 spiro atoms. The number of rotatable bonds is 9. The van der Waals surface area contributed by atoms with Crippen molar-refractivity contribution < 1.29 is 22.0 Å². The van der Waals surface area contributed by atoms with Gasteiger partial charge < -0.3 is 14.5 Å². The number of ether oxygens (including phenoxy) is 1. The molecule has 1 aliphatic rings. The summed E-state index contributed by atoms with van der Waals surface area (Å²) >= 11 is 0. The third-order valence-electron chi connectivity index (χ3n) is 6.78. The average molecular weight is 536 g/mol. The Kier molecular flexibility index (Phi) is 7.76. The van der Waals surface area contributed by atoms with Crippen LogP contribution in [0, 0.1) is 5.82 Å². The van der Waals surface area contributed by atoms with E-state index in [1.54, 1.807) is 19.2 Å². The van der Waals surface area contributed by atoms with E-state index in [4.69, 9.17) is 9.15 Å². The summed E-state index contributed by atoms with van der Waals surface area (Å²) in [4.78, 5) is 6.74. The molecule has 1 aromatic heterocycles. The molecule has 198 valence electrons. The minimum absolute atomic E-state index is 0.0205. The topological polar surface area (TPSA) is 84.7 Å². The van der Waals surface area contributed by atoms with E-state index in [0.717, 1.165) is 49.4 Å². The van der Waals surface area contributed by atoms with Crippen LogP contribution in [0.5, 0.6) is 5.75 Å². The number of likely N-dealkylation sites (tertiary alicyclic amines) is 1. The number of piperidine rings is 1. The van der Waals surface area contributed by atoms with Crippen molar-refractivity contribution >= 4 is 15.7 Å². The highest BCUT2D eigenvalue weighted by Crippen LogP contribution is 2.34. The summed E-state index contributed by atoms with van der Waals surface area (Å²) in [6, 6.07) is 21.7. The maximum atomic E-state index is 13.6. The Morgan fingerprint density at radius 3 is 2.32 bits per heavy atom. The molecule has 1 fully saturated rings. The van der Waals surface area contributed by atoms with Crippen LogP contribution in [0.2, 0.25) is 0 Å². The second-order valence-corrected chi connectivity index (χ2v) is 11.1. The van der Waals surface area contributed by atoms with Gasteiger partial charge in [-0.25, -0.2) is 12.8 Å². The minimum atomic E-state index is -4.08. The average Bonchev–Trinajstić information content (AvgIpc) is 3.40. The molecule has 0 aliphatic carbocycles. The van der Waals surface area contributed by atoms with Crippen molar-refractivity contribution in [1.82, 2.24) is 9.88 Å². The van der Waals surface area contributed by atoms with Crippen molar-refractivity contribution in [1.29, 1.82) is 0 Å². The molecular weight excluding hydrogens is 505 g/mol. The predicted octanol–water partition coefficient (Wildman–Crippen LogP) is 5.96. The highest BCUT2D eigenvalue weighted by Gasteiger charge is 2.30. The van der Waals surface area contributed by atoms with Gasteiger partial charge in [0, 0.05) is 12.1 Å². The van der Waals surface area contributed by atoms with Crippen LogP contribution >= 0.6 is 0 Å². The van der Waals surface area contributed by atoms with Crippen molar-refractivity contribution in [3.8, 4) is 17.2 Å². The smallest absolute Gasteiger partial charge is 0.233 e. The van der Waals surface area contributed by atoms with Gasteiger partial charge in [-0.1, -0.05) is 36.8 Å². The third-order valence-corrected chi connectivity index (χ3v) is 8.46. The minimum Gasteiger partial charge on any atom is -0.497 e. The van der Waals surface area contributed by atoms with Gasteiger partial charge >= 0.3 is 0 Å². The van der Waals surface area contributed by atoms with E-state index in [1.165, 1.54) is 18.6 Å². The van der Waals surface area contributed by atoms with Gasteiger partial charge in [-0.15, -0.1) is 0 Å². The maximum absolute atomic E-state index is 13.6. The standard InChI is InChI=1S/C29H30FN3O4S/c1-36-24-14-10-21(11-15-24)26(33-18-6-3-7-19-33)20-31-28-29(32-27(37-28)22-8-4-2-5-9-22)38(34,35)25-16-12-23(30)13-17-25/h2,4-5,8-17,26,31H,3,6-7,18-20H2,1H3. The first-order valence-corrected chi connectivity index (χ1v) is 14.1. The van der Waals surface area contributed by atoms with E-state index in [1.807, 2.05) is 42.5 Å². The first-order chi connectivity index (χ1) is 18.5. The largest absolute Gasteiger partial charge is 0.497 e. The van der Waals surface area contributed by atoms with Crippen LogP contribution in [0.3, 0.4) is 0 Å². The van der Waals surface area contributed by atoms with E-state index in [-0.39, 0.29) is 27.7 Å². The van der Waals surface area contributed by atoms with Crippen LogP contribution in [0.25, 0.3) is 11.5 Å². The van der Waals surface area contributed by atoms with Gasteiger partial charge in [0.05, 0.1) is 18.0 Å². The Morgan fingerprint density at radius 1 is 0.974 bits per heavy atom. The van der Waals surface area contributed by atoms with Crippen LogP contribution in [-0.4, -0.2) is 45.0 Å². The Morgan fingerprint density at radius 2 is 1.66 bits per heavy atom. The molecule has 7 nitrogen and oxygen atoms in total. The number of hydrogen-bond donors (Lipinski definition) is 1. The predicted molar refractivity (Wildman–Crippen MR) is 143 cm³/mol. The number of oxazole rings is 1. The summed E-state index contributed by atoms with van der Waals surface area (Å²) in [5.74, 6) is 0.502. The van der Waals surface area contributed by atoms with Gasteiger partial charge in [0.25, 0.3) is 0 Å². The van der Waals surface area contributed by atoms with Crippen LogP contribution < -0.4 is 10.1 Å². The molecule has 1 aliphatic heterocycles. The number of methoxy groups -OCH3 is 1. The molecule has 2 heterocycles. The Balaban J connectivity index is 1.50. The number of anilines is 1. The van der Waals surface area contributed by atoms with Gasteiger partial charge in [0.2, 0.25) is 26.6 Å². The van der Waals surface area contributed by atoms with Crippen molar-refractivity contribution in [2.45, 2.75) is 35.2 Å². The molecular formula is C29H30FN3O4S. The van der Waals surface area contributed by atoms with Crippen molar-refractivity contribution in [3.63, 3.8) is 0 Å². The molecule has 1 unspecified atom stereocenters. The molecule has 0 radical (unpaired) electrons. The lowest BCUT2D eigenvalue weighted by Crippen LogP contribution is -2.37. The van der Waals surface area contributed by atoms with Gasteiger partial charge in [-0.3, -0.25) is 4.90 Å². The van der Waals surface area contributed by atoms with Crippen molar-refractivity contribution in [2.75, 3.05) is 32.1 Å². The highest BCUT2D eigenvalue weighted by atomic mass is 32.2. The number of benzene rings is 3. The SMILES string of the molecule is COc1ccc(C(CNc2oc(-c3ccccc3)nc2S(=O)(=O)c2ccc(F)cc2)N2CCCCC2)cc1.